The van der Waals surface area contributed by atoms with Crippen molar-refractivity contribution in [2.45, 2.75) is 18.9 Å². The Bertz CT molecular complexity index is 595. The summed E-state index contributed by atoms with van der Waals surface area (Å²) in [6.45, 7) is 0.464. The quantitative estimate of drug-likeness (QED) is 0.789. The minimum Gasteiger partial charge on any atom is -0.378 e. The zero-order chi connectivity index (χ0) is 15.2. The van der Waals surface area contributed by atoms with Gasteiger partial charge in [-0.2, -0.15) is 5.10 Å². The molecule has 6 heteroatoms. The van der Waals surface area contributed by atoms with E-state index in [0.717, 1.165) is 18.4 Å². The molecule has 0 aliphatic heterocycles. The third kappa shape index (κ3) is 4.39. The Balaban J connectivity index is 1.75. The van der Waals surface area contributed by atoms with Crippen LogP contribution in [0.2, 0.25) is 0 Å². The van der Waals surface area contributed by atoms with Crippen LogP contribution in [0.5, 0.6) is 0 Å². The van der Waals surface area contributed by atoms with Crippen LogP contribution >= 0.6 is 0 Å². The van der Waals surface area contributed by atoms with Gasteiger partial charge in [0.25, 0.3) is 5.91 Å². The van der Waals surface area contributed by atoms with Gasteiger partial charge in [-0.3, -0.25) is 9.48 Å². The first-order valence-corrected chi connectivity index (χ1v) is 6.75. The number of rotatable bonds is 6. The Morgan fingerprint density at radius 1 is 1.43 bits per heavy atom. The lowest BCUT2D eigenvalue weighted by Gasteiger charge is -2.11. The fraction of sp³-hybridized carbons (Fsp3) is 0.333. The number of aliphatic hydroxyl groups is 1. The van der Waals surface area contributed by atoms with Gasteiger partial charge in [0.15, 0.2) is 6.10 Å². The topological polar surface area (TPSA) is 67.2 Å². The first-order valence-electron chi connectivity index (χ1n) is 6.75. The minimum absolute atomic E-state index is 0.376. The first kappa shape index (κ1) is 15.2. The van der Waals surface area contributed by atoms with Crippen molar-refractivity contribution in [2.24, 2.45) is 7.05 Å². The molecule has 0 radical (unpaired) electrons. The van der Waals surface area contributed by atoms with Crippen molar-refractivity contribution in [1.29, 1.82) is 0 Å². The molecule has 1 atom stereocenters. The molecule has 0 fully saturated rings. The Morgan fingerprint density at radius 2 is 2.14 bits per heavy atom. The number of carbonyl (C=O) groups is 1. The molecule has 1 aromatic heterocycles. The van der Waals surface area contributed by atoms with Crippen LogP contribution in [0.15, 0.2) is 36.7 Å². The lowest BCUT2D eigenvalue weighted by Crippen LogP contribution is -2.30. The lowest BCUT2D eigenvalue weighted by molar-refractivity contribution is -0.129. The van der Waals surface area contributed by atoms with E-state index >= 15 is 0 Å². The van der Waals surface area contributed by atoms with Gasteiger partial charge in [-0.05, 0) is 36.1 Å². The number of halogens is 1. The third-order valence-electron chi connectivity index (χ3n) is 3.13. The number of carbonyl (C=O) groups excluding carboxylic acids is 1. The van der Waals surface area contributed by atoms with Crippen LogP contribution in [0.4, 0.5) is 4.39 Å². The monoisotopic (exact) mass is 291 g/mol. The van der Waals surface area contributed by atoms with Gasteiger partial charge in [0.05, 0.1) is 6.20 Å². The third-order valence-corrected chi connectivity index (χ3v) is 3.13. The number of benzene rings is 1. The van der Waals surface area contributed by atoms with Gasteiger partial charge in [-0.15, -0.1) is 0 Å². The number of amides is 1. The van der Waals surface area contributed by atoms with Gasteiger partial charge in [0.2, 0.25) is 0 Å². The molecule has 0 aliphatic carbocycles. The number of nitrogens with zero attached hydrogens (tertiary/aromatic N) is 2. The van der Waals surface area contributed by atoms with Crippen molar-refractivity contribution >= 4 is 5.91 Å². The second kappa shape index (κ2) is 6.99. The highest BCUT2D eigenvalue weighted by atomic mass is 19.1. The molecule has 112 valence electrons. The number of aliphatic hydroxyl groups excluding tert-OH is 1. The molecule has 0 saturated carbocycles. The molecule has 0 saturated heterocycles. The van der Waals surface area contributed by atoms with Crippen LogP contribution in [-0.2, 0) is 18.3 Å². The molecule has 1 heterocycles. The predicted molar refractivity (Wildman–Crippen MR) is 75.9 cm³/mol. The van der Waals surface area contributed by atoms with Gasteiger partial charge in [-0.25, -0.2) is 4.39 Å². The molecule has 1 amide bonds. The van der Waals surface area contributed by atoms with Crippen molar-refractivity contribution in [1.82, 2.24) is 15.1 Å². The van der Waals surface area contributed by atoms with E-state index in [1.807, 2.05) is 13.2 Å². The summed E-state index contributed by atoms with van der Waals surface area (Å²) < 4.78 is 14.5. The molecule has 2 aromatic rings. The standard InChI is InChI=1S/C15H18FN3O2/c1-19-10-11(9-18-19)3-2-8-17-15(21)14(20)12-4-6-13(16)7-5-12/h4-7,9-10,14,20H,2-3,8H2,1H3,(H,17,21)/t14-/m0/s1. The molecule has 0 bridgehead atoms. The summed E-state index contributed by atoms with van der Waals surface area (Å²) in [6, 6.07) is 5.23. The SMILES string of the molecule is Cn1cc(CCCNC(=O)[C@@H](O)c2ccc(F)cc2)cn1. The van der Waals surface area contributed by atoms with E-state index in [1.54, 1.807) is 10.9 Å². The van der Waals surface area contributed by atoms with E-state index in [2.05, 4.69) is 10.4 Å². The first-order chi connectivity index (χ1) is 10.1. The molecule has 0 unspecified atom stereocenters. The molecule has 1 aromatic carbocycles. The molecule has 0 spiro atoms. The number of nitrogens with one attached hydrogen (secondary N) is 1. The van der Waals surface area contributed by atoms with E-state index in [4.69, 9.17) is 0 Å². The molecular formula is C15H18FN3O2. The second-order valence-electron chi connectivity index (χ2n) is 4.87. The Hall–Kier alpha value is -2.21. The molecule has 0 aliphatic rings. The summed E-state index contributed by atoms with van der Waals surface area (Å²) >= 11 is 0. The maximum Gasteiger partial charge on any atom is 0.253 e. The predicted octanol–water partition coefficient (Wildman–Crippen LogP) is 1.34. The zero-order valence-electron chi connectivity index (χ0n) is 11.8. The van der Waals surface area contributed by atoms with Gasteiger partial charge >= 0.3 is 0 Å². The van der Waals surface area contributed by atoms with Gasteiger partial charge in [0, 0.05) is 19.8 Å². The van der Waals surface area contributed by atoms with E-state index in [1.165, 1.54) is 24.3 Å². The van der Waals surface area contributed by atoms with Crippen molar-refractivity contribution < 1.29 is 14.3 Å². The summed E-state index contributed by atoms with van der Waals surface area (Å²) in [5.41, 5.74) is 1.48. The fourth-order valence-electron chi connectivity index (χ4n) is 2.00. The normalized spacial score (nSPS) is 12.1. The number of hydrogen-bond donors (Lipinski definition) is 2. The van der Waals surface area contributed by atoms with Crippen LogP contribution in [0.25, 0.3) is 0 Å². The van der Waals surface area contributed by atoms with Crippen LogP contribution in [0.3, 0.4) is 0 Å². The molecule has 5 nitrogen and oxygen atoms in total. The van der Waals surface area contributed by atoms with Crippen LogP contribution in [-0.4, -0.2) is 27.3 Å². The van der Waals surface area contributed by atoms with E-state index in [9.17, 15) is 14.3 Å². The summed E-state index contributed by atoms with van der Waals surface area (Å²) in [5.74, 6) is -0.879. The highest BCUT2D eigenvalue weighted by molar-refractivity contribution is 5.81. The minimum atomic E-state index is -1.27. The van der Waals surface area contributed by atoms with E-state index < -0.39 is 17.8 Å². The highest BCUT2D eigenvalue weighted by Gasteiger charge is 2.16. The average molecular weight is 291 g/mol. The largest absolute Gasteiger partial charge is 0.378 e. The van der Waals surface area contributed by atoms with Gasteiger partial charge in [0.1, 0.15) is 5.82 Å². The van der Waals surface area contributed by atoms with Crippen molar-refractivity contribution in [3.05, 3.63) is 53.6 Å². The maximum atomic E-state index is 12.8. The van der Waals surface area contributed by atoms with Gasteiger partial charge in [-0.1, -0.05) is 12.1 Å². The summed E-state index contributed by atoms with van der Waals surface area (Å²) in [6.07, 6.45) is 4.00. The summed E-state index contributed by atoms with van der Waals surface area (Å²) in [4.78, 5) is 11.8. The van der Waals surface area contributed by atoms with Crippen LogP contribution in [0.1, 0.15) is 23.7 Å². The smallest absolute Gasteiger partial charge is 0.253 e. The van der Waals surface area contributed by atoms with Crippen molar-refractivity contribution in [3.8, 4) is 0 Å². The Kier molecular flexibility index (Phi) is 5.05. The van der Waals surface area contributed by atoms with Crippen molar-refractivity contribution in [3.63, 3.8) is 0 Å². The average Bonchev–Trinajstić information content (AvgIpc) is 2.89. The zero-order valence-corrected chi connectivity index (χ0v) is 11.8. The summed E-state index contributed by atoms with van der Waals surface area (Å²) in [7, 11) is 1.85. The van der Waals surface area contributed by atoms with Crippen molar-refractivity contribution in [2.75, 3.05) is 6.54 Å². The maximum absolute atomic E-state index is 12.8. The molecule has 2 N–H and O–H groups in total. The number of aryl methyl sites for hydroxylation is 2. The molecular weight excluding hydrogens is 273 g/mol. The Morgan fingerprint density at radius 3 is 2.76 bits per heavy atom. The number of aromatic nitrogens is 2. The fourth-order valence-corrected chi connectivity index (χ4v) is 2.00. The summed E-state index contributed by atoms with van der Waals surface area (Å²) in [5, 5.41) is 16.6. The molecule has 21 heavy (non-hydrogen) atoms. The van der Waals surface area contributed by atoms with Gasteiger partial charge < -0.3 is 10.4 Å². The highest BCUT2D eigenvalue weighted by Crippen LogP contribution is 2.13. The molecule has 2 rings (SSSR count). The van der Waals surface area contributed by atoms with E-state index in [-0.39, 0.29) is 0 Å². The Labute approximate surface area is 122 Å². The lowest BCUT2D eigenvalue weighted by atomic mass is 10.1. The number of hydrogen-bond acceptors (Lipinski definition) is 3. The van der Waals surface area contributed by atoms with E-state index in [0.29, 0.717) is 12.1 Å². The van der Waals surface area contributed by atoms with Crippen LogP contribution in [0, 0.1) is 5.82 Å². The van der Waals surface area contributed by atoms with Crippen LogP contribution < -0.4 is 5.32 Å². The second-order valence-corrected chi connectivity index (χ2v) is 4.87.